The van der Waals surface area contributed by atoms with E-state index in [0.29, 0.717) is 11.8 Å². The monoisotopic (exact) mass is 277 g/mol. The van der Waals surface area contributed by atoms with Crippen LogP contribution in [0.3, 0.4) is 0 Å². The Balaban J connectivity index is 1.77. The zero-order chi connectivity index (χ0) is 14.3. The number of para-hydroxylation sites is 1. The highest BCUT2D eigenvalue weighted by Crippen LogP contribution is 2.40. The van der Waals surface area contributed by atoms with Gasteiger partial charge in [-0.3, -0.25) is 0 Å². The lowest BCUT2D eigenvalue weighted by Crippen LogP contribution is -2.49. The Labute approximate surface area is 118 Å². The summed E-state index contributed by atoms with van der Waals surface area (Å²) in [5, 5.41) is 6.07. The average Bonchev–Trinajstić information content (AvgIpc) is 2.95. The molecule has 0 radical (unpaired) electrons. The number of urea groups is 1. The standard InChI is InChI=1S/C15H20FN3O/c1-15(2)11-8-17-7-10(11)9-19(15)14(20)18-13-6-4-3-5-12(13)16/h3-6,10-11,17H,7-9H2,1-2H3,(H,18,20). The number of rotatable bonds is 1. The summed E-state index contributed by atoms with van der Waals surface area (Å²) in [6.45, 7) is 6.81. The van der Waals surface area contributed by atoms with Gasteiger partial charge in [0.2, 0.25) is 0 Å². The van der Waals surface area contributed by atoms with Gasteiger partial charge in [0.1, 0.15) is 5.82 Å². The number of nitrogens with one attached hydrogen (secondary N) is 2. The summed E-state index contributed by atoms with van der Waals surface area (Å²) in [6.07, 6.45) is 0. The molecule has 2 amide bonds. The van der Waals surface area contributed by atoms with Crippen molar-refractivity contribution in [2.24, 2.45) is 11.8 Å². The van der Waals surface area contributed by atoms with Crippen molar-refractivity contribution in [3.8, 4) is 0 Å². The normalized spacial score (nSPS) is 27.4. The van der Waals surface area contributed by atoms with E-state index in [4.69, 9.17) is 0 Å². The van der Waals surface area contributed by atoms with Crippen molar-refractivity contribution < 1.29 is 9.18 Å². The summed E-state index contributed by atoms with van der Waals surface area (Å²) in [7, 11) is 0. The van der Waals surface area contributed by atoms with Crippen LogP contribution in [0.5, 0.6) is 0 Å². The third kappa shape index (κ3) is 2.06. The van der Waals surface area contributed by atoms with Crippen LogP contribution in [0.25, 0.3) is 0 Å². The van der Waals surface area contributed by atoms with Crippen LogP contribution in [0.2, 0.25) is 0 Å². The molecule has 2 N–H and O–H groups in total. The average molecular weight is 277 g/mol. The molecule has 3 rings (SSSR count). The third-order valence-corrected chi connectivity index (χ3v) is 4.72. The molecule has 2 unspecified atom stereocenters. The molecule has 2 saturated heterocycles. The molecule has 0 aromatic heterocycles. The highest BCUT2D eigenvalue weighted by atomic mass is 19.1. The van der Waals surface area contributed by atoms with E-state index >= 15 is 0 Å². The van der Waals surface area contributed by atoms with Gasteiger partial charge in [-0.15, -0.1) is 0 Å². The van der Waals surface area contributed by atoms with Crippen molar-refractivity contribution in [1.82, 2.24) is 10.2 Å². The van der Waals surface area contributed by atoms with Gasteiger partial charge in [0.05, 0.1) is 5.69 Å². The zero-order valence-corrected chi connectivity index (χ0v) is 11.8. The lowest BCUT2D eigenvalue weighted by atomic mass is 9.85. The van der Waals surface area contributed by atoms with Crippen LogP contribution >= 0.6 is 0 Å². The zero-order valence-electron chi connectivity index (χ0n) is 11.8. The second kappa shape index (κ2) is 4.74. The number of carbonyl (C=O) groups excluding carboxylic acids is 1. The molecule has 0 bridgehead atoms. The molecule has 4 nitrogen and oxygen atoms in total. The molecule has 0 spiro atoms. The first-order valence-corrected chi connectivity index (χ1v) is 7.04. The van der Waals surface area contributed by atoms with Crippen molar-refractivity contribution in [2.75, 3.05) is 25.0 Å². The van der Waals surface area contributed by atoms with E-state index in [-0.39, 0.29) is 17.3 Å². The van der Waals surface area contributed by atoms with Gasteiger partial charge in [-0.1, -0.05) is 12.1 Å². The number of likely N-dealkylation sites (tertiary alicyclic amines) is 1. The van der Waals surface area contributed by atoms with Gasteiger partial charge >= 0.3 is 6.03 Å². The van der Waals surface area contributed by atoms with E-state index in [2.05, 4.69) is 24.5 Å². The first kappa shape index (κ1) is 13.4. The van der Waals surface area contributed by atoms with E-state index in [1.807, 2.05) is 4.90 Å². The molecular weight excluding hydrogens is 257 g/mol. The number of benzene rings is 1. The molecule has 1 aromatic carbocycles. The van der Waals surface area contributed by atoms with Crippen LogP contribution in [0.15, 0.2) is 24.3 Å². The van der Waals surface area contributed by atoms with Gasteiger partial charge in [0.15, 0.2) is 0 Å². The fourth-order valence-electron chi connectivity index (χ4n) is 3.51. The summed E-state index contributed by atoms with van der Waals surface area (Å²) < 4.78 is 13.6. The fourth-order valence-corrected chi connectivity index (χ4v) is 3.51. The fraction of sp³-hybridized carbons (Fsp3) is 0.533. The summed E-state index contributed by atoms with van der Waals surface area (Å²) in [5.41, 5.74) is 0.0345. The Hall–Kier alpha value is -1.62. The Morgan fingerprint density at radius 2 is 2.15 bits per heavy atom. The second-order valence-electron chi connectivity index (χ2n) is 6.20. The largest absolute Gasteiger partial charge is 0.322 e. The molecule has 0 aliphatic carbocycles. The molecule has 2 aliphatic heterocycles. The van der Waals surface area contributed by atoms with Gasteiger partial charge in [-0.25, -0.2) is 9.18 Å². The van der Waals surface area contributed by atoms with Crippen LogP contribution in [-0.2, 0) is 0 Å². The maximum Gasteiger partial charge on any atom is 0.322 e. The van der Waals surface area contributed by atoms with Crippen molar-refractivity contribution >= 4 is 11.7 Å². The number of hydrogen-bond acceptors (Lipinski definition) is 2. The van der Waals surface area contributed by atoms with Gasteiger partial charge < -0.3 is 15.5 Å². The first-order valence-electron chi connectivity index (χ1n) is 7.04. The van der Waals surface area contributed by atoms with E-state index in [1.165, 1.54) is 6.07 Å². The minimum atomic E-state index is -0.403. The topological polar surface area (TPSA) is 44.4 Å². The van der Waals surface area contributed by atoms with Gasteiger partial charge in [-0.2, -0.15) is 0 Å². The van der Waals surface area contributed by atoms with E-state index in [1.54, 1.807) is 18.2 Å². The highest BCUT2D eigenvalue weighted by molar-refractivity contribution is 5.90. The van der Waals surface area contributed by atoms with Crippen LogP contribution in [0.4, 0.5) is 14.9 Å². The number of fused-ring (bicyclic) bond motifs is 1. The lowest BCUT2D eigenvalue weighted by molar-refractivity contribution is 0.157. The van der Waals surface area contributed by atoms with Crippen molar-refractivity contribution in [3.05, 3.63) is 30.1 Å². The van der Waals surface area contributed by atoms with Crippen LogP contribution < -0.4 is 10.6 Å². The number of anilines is 1. The predicted octanol–water partition coefficient (Wildman–Crippen LogP) is 2.29. The van der Waals surface area contributed by atoms with Crippen LogP contribution in [-0.4, -0.2) is 36.1 Å². The summed E-state index contributed by atoms with van der Waals surface area (Å²) >= 11 is 0. The quantitative estimate of drug-likeness (QED) is 0.827. The number of amides is 2. The minimum absolute atomic E-state index is 0.205. The lowest BCUT2D eigenvalue weighted by Gasteiger charge is -2.35. The number of halogens is 1. The number of nitrogens with zero attached hydrogens (tertiary/aromatic N) is 1. The third-order valence-electron chi connectivity index (χ3n) is 4.72. The van der Waals surface area contributed by atoms with E-state index in [9.17, 15) is 9.18 Å². The van der Waals surface area contributed by atoms with Crippen molar-refractivity contribution in [1.29, 1.82) is 0 Å². The first-order chi connectivity index (χ1) is 9.50. The molecule has 1 aromatic rings. The maximum absolute atomic E-state index is 13.6. The van der Waals surface area contributed by atoms with Crippen LogP contribution in [0.1, 0.15) is 13.8 Å². The second-order valence-corrected chi connectivity index (χ2v) is 6.20. The molecule has 2 fully saturated rings. The number of hydrogen-bond donors (Lipinski definition) is 2. The maximum atomic E-state index is 13.6. The summed E-state index contributed by atoms with van der Waals surface area (Å²) in [5.74, 6) is 0.560. The van der Waals surface area contributed by atoms with E-state index < -0.39 is 5.82 Å². The Kier molecular flexibility index (Phi) is 3.17. The number of carbonyl (C=O) groups is 1. The minimum Gasteiger partial charge on any atom is -0.319 e. The van der Waals surface area contributed by atoms with Gasteiger partial charge in [0.25, 0.3) is 0 Å². The molecule has 108 valence electrons. The van der Waals surface area contributed by atoms with Gasteiger partial charge in [-0.05, 0) is 37.8 Å². The van der Waals surface area contributed by atoms with E-state index in [0.717, 1.165) is 19.6 Å². The molecule has 2 aliphatic rings. The Bertz CT molecular complexity index is 532. The predicted molar refractivity (Wildman–Crippen MR) is 76.1 cm³/mol. The molecule has 2 heterocycles. The van der Waals surface area contributed by atoms with Crippen molar-refractivity contribution in [2.45, 2.75) is 19.4 Å². The van der Waals surface area contributed by atoms with Gasteiger partial charge in [0, 0.05) is 25.2 Å². The molecule has 2 atom stereocenters. The SMILES string of the molecule is CC1(C)C2CNCC2CN1C(=O)Nc1ccccc1F. The van der Waals surface area contributed by atoms with Crippen LogP contribution in [0, 0.1) is 17.7 Å². The molecule has 5 heteroatoms. The summed E-state index contributed by atoms with van der Waals surface area (Å²) in [6, 6.07) is 6.05. The molecule has 0 saturated carbocycles. The summed E-state index contributed by atoms with van der Waals surface area (Å²) in [4.78, 5) is 14.3. The molecular formula is C15H20FN3O. The van der Waals surface area contributed by atoms with Crippen molar-refractivity contribution in [3.63, 3.8) is 0 Å². The highest BCUT2D eigenvalue weighted by Gasteiger charge is 2.51. The Morgan fingerprint density at radius 3 is 2.85 bits per heavy atom. The molecule has 20 heavy (non-hydrogen) atoms. The smallest absolute Gasteiger partial charge is 0.319 e. The Morgan fingerprint density at radius 1 is 1.40 bits per heavy atom.